The molecular formula is C17H27NO2. The van der Waals surface area contributed by atoms with E-state index in [1.165, 1.54) is 4.90 Å². The van der Waals surface area contributed by atoms with Gasteiger partial charge in [0.15, 0.2) is 0 Å². The van der Waals surface area contributed by atoms with Crippen LogP contribution >= 0.6 is 0 Å². The van der Waals surface area contributed by atoms with Gasteiger partial charge in [-0.05, 0) is 44.6 Å². The molecule has 0 unspecified atom stereocenters. The van der Waals surface area contributed by atoms with Crippen molar-refractivity contribution in [3.63, 3.8) is 0 Å². The highest BCUT2D eigenvalue weighted by atomic mass is 16.5. The van der Waals surface area contributed by atoms with Crippen LogP contribution < -0.4 is 4.74 Å². The lowest BCUT2D eigenvalue weighted by molar-refractivity contribution is -0.0277. The molecule has 1 aromatic carbocycles. The topological polar surface area (TPSA) is 32.7 Å². The normalized spacial score (nSPS) is 22.7. The Bertz CT molecular complexity index is 496. The third-order valence-corrected chi connectivity index (χ3v) is 4.34. The number of rotatable bonds is 5. The highest BCUT2D eigenvalue weighted by Gasteiger charge is 2.38. The molecule has 1 fully saturated rings. The Morgan fingerprint density at radius 3 is 2.50 bits per heavy atom. The van der Waals surface area contributed by atoms with E-state index in [0.717, 1.165) is 43.4 Å². The van der Waals surface area contributed by atoms with E-state index >= 15 is 0 Å². The summed E-state index contributed by atoms with van der Waals surface area (Å²) in [6, 6.07) is 7.60. The van der Waals surface area contributed by atoms with Gasteiger partial charge >= 0.3 is 0 Å². The van der Waals surface area contributed by atoms with Crippen molar-refractivity contribution in [2.45, 2.75) is 43.6 Å². The summed E-state index contributed by atoms with van der Waals surface area (Å²) >= 11 is 0. The maximum absolute atomic E-state index is 11.2. The first-order valence-corrected chi connectivity index (χ1v) is 7.34. The summed E-state index contributed by atoms with van der Waals surface area (Å²) in [6.07, 6.45) is 4.55. The van der Waals surface area contributed by atoms with Gasteiger partial charge < -0.3 is 14.7 Å². The standard InChI is InChI=1S/C17H27NO2/c1-18(2)13-16(17(19)11-5-4-6-12-17)14-7-9-15(20-3)10-8-14/h7-10,16,19H,4-6,11-13H2,1-3H3/t16-/m1/s1/i1D3. The third-order valence-electron chi connectivity index (χ3n) is 4.34. The number of nitrogens with zero attached hydrogens (tertiary/aromatic N) is 1. The summed E-state index contributed by atoms with van der Waals surface area (Å²) in [5.41, 5.74) is 0.123. The zero-order valence-corrected chi connectivity index (χ0v) is 12.4. The molecule has 0 spiro atoms. The lowest BCUT2D eigenvalue weighted by Gasteiger charge is -2.40. The number of ether oxygens (including phenoxy) is 1. The van der Waals surface area contributed by atoms with E-state index in [4.69, 9.17) is 8.85 Å². The number of aliphatic hydroxyl groups is 1. The van der Waals surface area contributed by atoms with Gasteiger partial charge in [-0.3, -0.25) is 0 Å². The molecule has 1 aliphatic rings. The van der Waals surface area contributed by atoms with Crippen molar-refractivity contribution >= 4 is 0 Å². The van der Waals surface area contributed by atoms with Crippen LogP contribution in [-0.2, 0) is 0 Å². The summed E-state index contributed by atoms with van der Waals surface area (Å²) in [7, 11) is 3.21. The molecule has 1 aromatic rings. The maximum atomic E-state index is 11.2. The van der Waals surface area contributed by atoms with Crippen LogP contribution in [0.1, 0.15) is 47.7 Å². The largest absolute Gasteiger partial charge is 0.497 e. The van der Waals surface area contributed by atoms with Crippen LogP contribution in [-0.4, -0.2) is 43.3 Å². The Hall–Kier alpha value is -1.06. The number of methoxy groups -OCH3 is 1. The summed E-state index contributed by atoms with van der Waals surface area (Å²) < 4.78 is 28.0. The number of hydrogen-bond donors (Lipinski definition) is 1. The average Bonchev–Trinajstić information content (AvgIpc) is 2.52. The Labute approximate surface area is 126 Å². The molecule has 3 nitrogen and oxygen atoms in total. The van der Waals surface area contributed by atoms with Gasteiger partial charge in [-0.15, -0.1) is 0 Å². The molecule has 1 N–H and O–H groups in total. The van der Waals surface area contributed by atoms with E-state index in [1.54, 1.807) is 14.2 Å². The fourth-order valence-electron chi connectivity index (χ4n) is 3.21. The Morgan fingerprint density at radius 2 is 1.95 bits per heavy atom. The van der Waals surface area contributed by atoms with E-state index in [0.29, 0.717) is 6.54 Å². The van der Waals surface area contributed by atoms with Crippen molar-refractivity contribution in [3.8, 4) is 5.75 Å². The predicted octanol–water partition coefficient (Wildman–Crippen LogP) is 3.04. The van der Waals surface area contributed by atoms with E-state index in [-0.39, 0.29) is 5.92 Å². The molecule has 0 saturated heterocycles. The average molecular weight is 280 g/mol. The lowest BCUT2D eigenvalue weighted by Crippen LogP contribution is -2.42. The van der Waals surface area contributed by atoms with Crippen LogP contribution in [0.15, 0.2) is 24.3 Å². The minimum atomic E-state index is -2.16. The summed E-state index contributed by atoms with van der Waals surface area (Å²) in [6.45, 7) is -1.85. The molecule has 3 heteroatoms. The second-order valence-corrected chi connectivity index (χ2v) is 5.87. The van der Waals surface area contributed by atoms with E-state index in [9.17, 15) is 5.11 Å². The predicted molar refractivity (Wildman–Crippen MR) is 82.3 cm³/mol. The van der Waals surface area contributed by atoms with Gasteiger partial charge in [0.1, 0.15) is 5.75 Å². The van der Waals surface area contributed by atoms with Crippen molar-refractivity contribution in [1.82, 2.24) is 4.90 Å². The summed E-state index contributed by atoms with van der Waals surface area (Å²) in [4.78, 5) is 1.36. The Morgan fingerprint density at radius 1 is 1.30 bits per heavy atom. The molecular weight excluding hydrogens is 250 g/mol. The first-order valence-electron chi connectivity index (χ1n) is 8.84. The first-order chi connectivity index (χ1) is 10.8. The molecule has 20 heavy (non-hydrogen) atoms. The van der Waals surface area contributed by atoms with Crippen LogP contribution in [0.3, 0.4) is 0 Å². The Kier molecular flexibility index (Phi) is 3.82. The molecule has 0 amide bonds. The molecule has 0 radical (unpaired) electrons. The van der Waals surface area contributed by atoms with Crippen molar-refractivity contribution in [3.05, 3.63) is 29.8 Å². The molecule has 0 bridgehead atoms. The van der Waals surface area contributed by atoms with Gasteiger partial charge in [-0.2, -0.15) is 0 Å². The van der Waals surface area contributed by atoms with Gasteiger partial charge in [-0.1, -0.05) is 31.4 Å². The van der Waals surface area contributed by atoms with Gasteiger partial charge in [0.2, 0.25) is 0 Å². The van der Waals surface area contributed by atoms with Gasteiger partial charge in [0, 0.05) is 16.6 Å². The van der Waals surface area contributed by atoms with E-state index in [1.807, 2.05) is 24.3 Å². The highest BCUT2D eigenvalue weighted by molar-refractivity contribution is 5.31. The number of likely N-dealkylation sites (N-methyl/N-ethyl adjacent to an activating group) is 1. The van der Waals surface area contributed by atoms with E-state index in [2.05, 4.69) is 0 Å². The van der Waals surface area contributed by atoms with Crippen molar-refractivity contribution in [1.29, 1.82) is 0 Å². The summed E-state index contributed by atoms with van der Waals surface area (Å²) in [5.74, 6) is 0.534. The fourth-order valence-corrected chi connectivity index (χ4v) is 3.21. The maximum Gasteiger partial charge on any atom is 0.118 e. The summed E-state index contributed by atoms with van der Waals surface area (Å²) in [5, 5.41) is 11.2. The van der Waals surface area contributed by atoms with Gasteiger partial charge in [-0.25, -0.2) is 0 Å². The molecule has 1 aliphatic carbocycles. The molecule has 0 aliphatic heterocycles. The quantitative estimate of drug-likeness (QED) is 0.900. The minimum Gasteiger partial charge on any atom is -0.497 e. The second-order valence-electron chi connectivity index (χ2n) is 5.87. The van der Waals surface area contributed by atoms with Crippen LogP contribution in [0.4, 0.5) is 0 Å². The fraction of sp³-hybridized carbons (Fsp3) is 0.647. The SMILES string of the molecule is [2H]C([2H])([2H])N(C)C[C@H](c1ccc(OC)cc1)C1(O)CCCCC1. The van der Waals surface area contributed by atoms with Gasteiger partial charge in [0.05, 0.1) is 12.7 Å². The van der Waals surface area contributed by atoms with Crippen LogP contribution in [0, 0.1) is 0 Å². The van der Waals surface area contributed by atoms with E-state index < -0.39 is 12.6 Å². The monoisotopic (exact) mass is 280 g/mol. The first kappa shape index (κ1) is 11.6. The van der Waals surface area contributed by atoms with Gasteiger partial charge in [0.25, 0.3) is 0 Å². The zero-order chi connectivity index (χ0) is 17.1. The highest BCUT2D eigenvalue weighted by Crippen LogP contribution is 2.40. The zero-order valence-electron chi connectivity index (χ0n) is 15.4. The van der Waals surface area contributed by atoms with Crippen LogP contribution in [0.5, 0.6) is 5.75 Å². The second kappa shape index (κ2) is 6.59. The third kappa shape index (κ3) is 3.53. The Balaban J connectivity index is 2.29. The number of hydrogen-bond acceptors (Lipinski definition) is 3. The molecule has 2 rings (SSSR count). The van der Waals surface area contributed by atoms with Crippen LogP contribution in [0.2, 0.25) is 0 Å². The van der Waals surface area contributed by atoms with Crippen LogP contribution in [0.25, 0.3) is 0 Å². The molecule has 1 atom stereocenters. The van der Waals surface area contributed by atoms with Crippen molar-refractivity contribution in [2.24, 2.45) is 0 Å². The molecule has 0 aromatic heterocycles. The molecule has 1 saturated carbocycles. The minimum absolute atomic E-state index is 0.223. The van der Waals surface area contributed by atoms with Crippen molar-refractivity contribution < 1.29 is 14.0 Å². The molecule has 0 heterocycles. The smallest absolute Gasteiger partial charge is 0.118 e. The number of benzene rings is 1. The van der Waals surface area contributed by atoms with Crippen molar-refractivity contribution in [2.75, 3.05) is 27.7 Å². The lowest BCUT2D eigenvalue weighted by atomic mass is 9.72. The molecule has 112 valence electrons.